The van der Waals surface area contributed by atoms with Crippen LogP contribution in [0.2, 0.25) is 0 Å². The van der Waals surface area contributed by atoms with Crippen molar-refractivity contribution in [3.8, 4) is 11.5 Å². The van der Waals surface area contributed by atoms with Gasteiger partial charge in [0.25, 0.3) is 5.91 Å². The number of fused-ring (bicyclic) bond motifs is 1. The van der Waals surface area contributed by atoms with E-state index < -0.39 is 62.5 Å². The Kier molecular flexibility index (Phi) is 11.3. The van der Waals surface area contributed by atoms with Crippen LogP contribution in [0.15, 0.2) is 53.4 Å². The van der Waals surface area contributed by atoms with E-state index in [2.05, 4.69) is 25.5 Å². The number of likely N-dealkylation sites (N-methyl/N-ethyl adjacent to an activating group) is 1. The molecule has 1 aliphatic heterocycles. The molecule has 2 amide bonds. The van der Waals surface area contributed by atoms with Gasteiger partial charge in [0.15, 0.2) is 21.3 Å². The maximum atomic E-state index is 13.7. The van der Waals surface area contributed by atoms with E-state index in [-0.39, 0.29) is 36.6 Å². The molecule has 14 heteroatoms. The maximum Gasteiger partial charge on any atom is 0.586 e. The summed E-state index contributed by atoms with van der Waals surface area (Å²) < 4.78 is 63.2. The minimum Gasteiger partial charge on any atom is -0.395 e. The average Bonchev–Trinajstić information content (AvgIpc) is 3.23. The SMILES string of the molecule is CNCC(=O)NN(C(=O)CC(C)(C)C)[C@@H](Cc1ccccc1)[C@H](O)CNC(C(C)C)S(=O)(=O)c1ccc2c(c1)OC(F)(F)O2. The summed E-state index contributed by atoms with van der Waals surface area (Å²) in [6, 6.07) is 11.3. The lowest BCUT2D eigenvalue weighted by atomic mass is 9.91. The monoisotopic (exact) mass is 640 g/mol. The average molecular weight is 641 g/mol. The number of amides is 2. The maximum absolute atomic E-state index is 13.7. The van der Waals surface area contributed by atoms with Crippen molar-refractivity contribution in [2.75, 3.05) is 20.1 Å². The standard InChI is InChI=1S/C30H42F2N4O7S/c1-19(2)28(44(40,41)21-12-13-24-25(15-21)43-30(31,32)42-24)34-17-23(37)22(14-20-10-8-7-9-11-20)36(35-26(38)18-33-6)27(39)16-29(3,4)5/h7-13,15,19,22-23,28,33-34,37H,14,16-18H2,1-6H3,(H,35,38)/t22-,23+,28?/m0/s1. The third kappa shape index (κ3) is 9.34. The number of aliphatic hydroxyl groups is 1. The van der Waals surface area contributed by atoms with Gasteiger partial charge in [-0.2, -0.15) is 0 Å². The molecule has 0 saturated carbocycles. The fourth-order valence-electron chi connectivity index (χ4n) is 4.79. The zero-order valence-corrected chi connectivity index (χ0v) is 26.6. The Hall–Kier alpha value is -3.33. The molecule has 2 aromatic rings. The summed E-state index contributed by atoms with van der Waals surface area (Å²) in [6.07, 6.45) is -5.04. The van der Waals surface area contributed by atoms with Gasteiger partial charge in [-0.3, -0.25) is 20.3 Å². The molecular weight excluding hydrogens is 598 g/mol. The third-order valence-corrected chi connectivity index (χ3v) is 9.06. The van der Waals surface area contributed by atoms with E-state index in [0.717, 1.165) is 28.8 Å². The van der Waals surface area contributed by atoms with Gasteiger partial charge in [-0.1, -0.05) is 65.0 Å². The lowest BCUT2D eigenvalue weighted by Gasteiger charge is -2.37. The number of carbonyl (C=O) groups excluding carboxylic acids is 2. The van der Waals surface area contributed by atoms with Crippen LogP contribution in [0.25, 0.3) is 0 Å². The van der Waals surface area contributed by atoms with E-state index >= 15 is 0 Å². The third-order valence-electron chi connectivity index (χ3n) is 6.77. The largest absolute Gasteiger partial charge is 0.586 e. The molecule has 4 N–H and O–H groups in total. The minimum absolute atomic E-state index is 0.0600. The van der Waals surface area contributed by atoms with Crippen molar-refractivity contribution in [3.63, 3.8) is 0 Å². The summed E-state index contributed by atoms with van der Waals surface area (Å²) in [5, 5.41) is 17.1. The number of alkyl halides is 2. The molecule has 3 rings (SSSR count). The number of rotatable bonds is 13. The van der Waals surface area contributed by atoms with Gasteiger partial charge < -0.3 is 19.9 Å². The Morgan fingerprint density at radius 2 is 1.68 bits per heavy atom. The highest BCUT2D eigenvalue weighted by Gasteiger charge is 2.44. The Balaban J connectivity index is 1.91. The highest BCUT2D eigenvalue weighted by molar-refractivity contribution is 7.92. The van der Waals surface area contributed by atoms with E-state index in [4.69, 9.17) is 0 Å². The molecule has 0 bridgehead atoms. The van der Waals surface area contributed by atoms with E-state index in [1.807, 2.05) is 39.0 Å². The van der Waals surface area contributed by atoms with Crippen molar-refractivity contribution in [2.24, 2.45) is 11.3 Å². The summed E-state index contributed by atoms with van der Waals surface area (Å²) in [4.78, 5) is 25.9. The second-order valence-corrected chi connectivity index (χ2v) is 14.4. The fourth-order valence-corrected chi connectivity index (χ4v) is 6.64. The van der Waals surface area contributed by atoms with Gasteiger partial charge >= 0.3 is 6.29 Å². The first-order valence-corrected chi connectivity index (χ1v) is 15.8. The highest BCUT2D eigenvalue weighted by Crippen LogP contribution is 2.42. The molecule has 1 heterocycles. The number of aliphatic hydroxyl groups excluding tert-OH is 1. The summed E-state index contributed by atoms with van der Waals surface area (Å²) in [6.45, 7) is 8.56. The van der Waals surface area contributed by atoms with Crippen molar-refractivity contribution in [1.82, 2.24) is 21.1 Å². The van der Waals surface area contributed by atoms with Gasteiger partial charge in [-0.15, -0.1) is 8.78 Å². The zero-order valence-electron chi connectivity index (χ0n) is 25.8. The molecule has 0 aliphatic carbocycles. The van der Waals surface area contributed by atoms with Crippen molar-refractivity contribution >= 4 is 21.7 Å². The van der Waals surface area contributed by atoms with E-state index in [1.165, 1.54) is 0 Å². The predicted octanol–water partition coefficient (Wildman–Crippen LogP) is 2.84. The van der Waals surface area contributed by atoms with Gasteiger partial charge in [0, 0.05) is 19.0 Å². The number of sulfone groups is 1. The van der Waals surface area contributed by atoms with Gasteiger partial charge in [-0.25, -0.2) is 13.4 Å². The van der Waals surface area contributed by atoms with Crippen molar-refractivity contribution in [2.45, 2.75) is 76.2 Å². The van der Waals surface area contributed by atoms with Crippen LogP contribution in [0.4, 0.5) is 8.78 Å². The molecule has 3 atom stereocenters. The quantitative estimate of drug-likeness (QED) is 0.243. The number of nitrogens with one attached hydrogen (secondary N) is 3. The molecule has 44 heavy (non-hydrogen) atoms. The first-order valence-electron chi connectivity index (χ1n) is 14.3. The Bertz CT molecular complexity index is 1400. The number of nitrogens with zero attached hydrogens (tertiary/aromatic N) is 1. The zero-order chi connectivity index (χ0) is 32.9. The lowest BCUT2D eigenvalue weighted by molar-refractivity contribution is -0.286. The van der Waals surface area contributed by atoms with E-state index in [9.17, 15) is 31.9 Å². The number of ether oxygens (including phenoxy) is 2. The fraction of sp³-hybridized carbons (Fsp3) is 0.533. The molecule has 0 saturated heterocycles. The number of hydrogen-bond donors (Lipinski definition) is 4. The number of halogens is 2. The Morgan fingerprint density at radius 3 is 2.27 bits per heavy atom. The van der Waals surface area contributed by atoms with Crippen molar-refractivity contribution in [3.05, 3.63) is 54.1 Å². The van der Waals surface area contributed by atoms with Crippen LogP contribution in [0.1, 0.15) is 46.6 Å². The van der Waals surface area contributed by atoms with Gasteiger partial charge in [0.1, 0.15) is 5.37 Å². The Labute approximate surface area is 257 Å². The topological polar surface area (TPSA) is 146 Å². The molecule has 1 unspecified atom stereocenters. The van der Waals surface area contributed by atoms with Gasteiger partial charge in [0.05, 0.1) is 23.6 Å². The number of carbonyl (C=O) groups is 2. The minimum atomic E-state index is -4.19. The summed E-state index contributed by atoms with van der Waals surface area (Å²) in [5.41, 5.74) is 2.97. The highest BCUT2D eigenvalue weighted by atomic mass is 32.2. The lowest BCUT2D eigenvalue weighted by Crippen LogP contribution is -2.60. The van der Waals surface area contributed by atoms with Crippen LogP contribution < -0.4 is 25.5 Å². The van der Waals surface area contributed by atoms with E-state index in [1.54, 1.807) is 33.0 Å². The van der Waals surface area contributed by atoms with Gasteiger partial charge in [-0.05, 0) is 42.5 Å². The summed E-state index contributed by atoms with van der Waals surface area (Å²) >= 11 is 0. The molecule has 0 radical (unpaired) electrons. The van der Waals surface area contributed by atoms with Crippen LogP contribution in [0.5, 0.6) is 11.5 Å². The Morgan fingerprint density at radius 1 is 1.05 bits per heavy atom. The number of hydrazine groups is 1. The molecule has 0 spiro atoms. The van der Waals surface area contributed by atoms with Crippen LogP contribution in [0, 0.1) is 11.3 Å². The summed E-state index contributed by atoms with van der Waals surface area (Å²) in [7, 11) is -2.60. The molecule has 1 aliphatic rings. The number of hydrogen-bond acceptors (Lipinski definition) is 9. The molecule has 11 nitrogen and oxygen atoms in total. The predicted molar refractivity (Wildman–Crippen MR) is 159 cm³/mol. The second kappa shape index (κ2) is 14.2. The molecule has 244 valence electrons. The smallest absolute Gasteiger partial charge is 0.395 e. The number of benzene rings is 2. The normalized spacial score (nSPS) is 16.3. The van der Waals surface area contributed by atoms with E-state index in [0.29, 0.717) is 0 Å². The molecule has 0 aromatic heterocycles. The van der Waals surface area contributed by atoms with Crippen LogP contribution >= 0.6 is 0 Å². The van der Waals surface area contributed by atoms with Crippen LogP contribution in [-0.4, -0.2) is 74.3 Å². The first-order chi connectivity index (χ1) is 20.4. The molecule has 0 fully saturated rings. The first kappa shape index (κ1) is 35.2. The molecule has 2 aromatic carbocycles. The molecular formula is C30H42F2N4O7S. The van der Waals surface area contributed by atoms with Crippen molar-refractivity contribution < 1.29 is 41.4 Å². The summed E-state index contributed by atoms with van der Waals surface area (Å²) in [5.74, 6) is -2.15. The van der Waals surface area contributed by atoms with Crippen LogP contribution in [-0.2, 0) is 25.8 Å². The second-order valence-electron chi connectivity index (χ2n) is 12.3. The van der Waals surface area contributed by atoms with Gasteiger partial charge in [0.2, 0.25) is 5.91 Å². The van der Waals surface area contributed by atoms with Crippen LogP contribution in [0.3, 0.4) is 0 Å². The van der Waals surface area contributed by atoms with Crippen molar-refractivity contribution in [1.29, 1.82) is 0 Å².